The highest BCUT2D eigenvalue weighted by atomic mass is 32.2. The zero-order valence-corrected chi connectivity index (χ0v) is 13.9. The number of thioether (sulfide) groups is 1. The van der Waals surface area contributed by atoms with Crippen molar-refractivity contribution in [2.75, 3.05) is 32.1 Å². The van der Waals surface area contributed by atoms with E-state index in [-0.39, 0.29) is 5.91 Å². The maximum Gasteiger partial charge on any atom is 0.253 e. The first-order chi connectivity index (χ1) is 10.7. The van der Waals surface area contributed by atoms with Crippen LogP contribution < -0.4 is 0 Å². The molecule has 1 heterocycles. The van der Waals surface area contributed by atoms with Gasteiger partial charge >= 0.3 is 0 Å². The quantitative estimate of drug-likeness (QED) is 0.458. The number of rotatable bonds is 6. The van der Waals surface area contributed by atoms with Crippen molar-refractivity contribution in [3.05, 3.63) is 29.8 Å². The molecule has 2 rings (SSSR count). The summed E-state index contributed by atoms with van der Waals surface area (Å²) in [5, 5.41) is 0. The minimum Gasteiger partial charge on any atom is -0.369 e. The van der Waals surface area contributed by atoms with Gasteiger partial charge in [-0.25, -0.2) is 0 Å². The zero-order valence-electron chi connectivity index (χ0n) is 13.1. The van der Waals surface area contributed by atoms with Crippen molar-refractivity contribution in [3.63, 3.8) is 0 Å². The minimum absolute atomic E-state index is 0.140. The number of likely N-dealkylation sites (tertiary alicyclic amines) is 1. The van der Waals surface area contributed by atoms with E-state index < -0.39 is 0 Å². The molecular weight excluding hydrogens is 294 g/mol. The maximum atomic E-state index is 12.6. The van der Waals surface area contributed by atoms with Crippen LogP contribution in [0.25, 0.3) is 0 Å². The van der Waals surface area contributed by atoms with Crippen molar-refractivity contribution < 1.29 is 9.53 Å². The van der Waals surface area contributed by atoms with Crippen LogP contribution in [0.1, 0.15) is 30.1 Å². The molecule has 1 saturated heterocycles. The molecular formula is C18H23NO2S. The number of terminal acetylenes is 1. The summed E-state index contributed by atoms with van der Waals surface area (Å²) in [6.07, 6.45) is 7.15. The minimum atomic E-state index is 0.140. The second-order valence-electron chi connectivity index (χ2n) is 5.42. The Bertz CT molecular complexity index is 530. The lowest BCUT2D eigenvalue weighted by molar-refractivity contribution is 0.0581. The van der Waals surface area contributed by atoms with Crippen LogP contribution in [0.15, 0.2) is 29.2 Å². The zero-order chi connectivity index (χ0) is 15.8. The van der Waals surface area contributed by atoms with E-state index in [2.05, 4.69) is 18.9 Å². The van der Waals surface area contributed by atoms with E-state index in [1.54, 1.807) is 11.8 Å². The third-order valence-electron chi connectivity index (χ3n) is 3.83. The molecule has 1 fully saturated rings. The third-order valence-corrected chi connectivity index (χ3v) is 4.71. The van der Waals surface area contributed by atoms with Gasteiger partial charge in [-0.2, -0.15) is 0 Å². The fourth-order valence-corrected chi connectivity index (χ4v) is 3.37. The second-order valence-corrected chi connectivity index (χ2v) is 6.75. The second kappa shape index (κ2) is 8.87. The van der Waals surface area contributed by atoms with Gasteiger partial charge in [0.15, 0.2) is 0 Å². The number of hydrogen-bond donors (Lipinski definition) is 0. The third kappa shape index (κ3) is 4.79. The number of amides is 1. The number of piperidine rings is 1. The lowest BCUT2D eigenvalue weighted by Gasteiger charge is -2.32. The molecule has 1 amide bonds. The summed E-state index contributed by atoms with van der Waals surface area (Å²) in [7, 11) is 0. The first-order valence-corrected chi connectivity index (χ1v) is 8.76. The van der Waals surface area contributed by atoms with E-state index in [9.17, 15) is 4.79 Å². The fourth-order valence-electron chi connectivity index (χ4n) is 2.66. The van der Waals surface area contributed by atoms with Crippen molar-refractivity contribution in [2.24, 2.45) is 5.92 Å². The summed E-state index contributed by atoms with van der Waals surface area (Å²) in [5.74, 6) is 4.15. The van der Waals surface area contributed by atoms with Gasteiger partial charge in [-0.1, -0.05) is 18.9 Å². The van der Waals surface area contributed by atoms with E-state index in [1.165, 1.54) is 0 Å². The Morgan fingerprint density at radius 2 is 2.23 bits per heavy atom. The van der Waals surface area contributed by atoms with E-state index in [1.807, 2.05) is 23.1 Å². The SMILES string of the molecule is C#CCOCC1CCN(C(=O)c2cccc(SCC)c2)CC1. The average Bonchev–Trinajstić information content (AvgIpc) is 2.56. The van der Waals surface area contributed by atoms with Gasteiger partial charge in [-0.3, -0.25) is 4.79 Å². The molecule has 0 N–H and O–H groups in total. The molecule has 4 heteroatoms. The number of carbonyl (C=O) groups is 1. The molecule has 1 aromatic carbocycles. The summed E-state index contributed by atoms with van der Waals surface area (Å²) >= 11 is 1.76. The Morgan fingerprint density at radius 3 is 2.91 bits per heavy atom. The van der Waals surface area contributed by atoms with Gasteiger partial charge in [-0.15, -0.1) is 18.2 Å². The van der Waals surface area contributed by atoms with Gasteiger partial charge in [-0.05, 0) is 42.7 Å². The molecule has 0 aromatic heterocycles. The van der Waals surface area contributed by atoms with Crippen LogP contribution in [0, 0.1) is 18.3 Å². The number of nitrogens with zero attached hydrogens (tertiary/aromatic N) is 1. The molecule has 0 spiro atoms. The molecule has 22 heavy (non-hydrogen) atoms. The van der Waals surface area contributed by atoms with Crippen molar-refractivity contribution in [2.45, 2.75) is 24.7 Å². The Morgan fingerprint density at radius 1 is 1.45 bits per heavy atom. The number of benzene rings is 1. The highest BCUT2D eigenvalue weighted by Crippen LogP contribution is 2.22. The van der Waals surface area contributed by atoms with E-state index >= 15 is 0 Å². The van der Waals surface area contributed by atoms with Gasteiger partial charge in [0.05, 0.1) is 6.61 Å². The standard InChI is InChI=1S/C18H23NO2S/c1-3-12-21-14-15-8-10-19(11-9-15)18(20)16-6-5-7-17(13-16)22-4-2/h1,5-7,13,15H,4,8-12,14H2,2H3. The first kappa shape index (κ1) is 16.9. The van der Waals surface area contributed by atoms with Crippen LogP contribution in [0.5, 0.6) is 0 Å². The lowest BCUT2D eigenvalue weighted by atomic mass is 9.97. The maximum absolute atomic E-state index is 12.6. The van der Waals surface area contributed by atoms with Crippen LogP contribution in [-0.2, 0) is 4.74 Å². The van der Waals surface area contributed by atoms with E-state index in [0.29, 0.717) is 19.1 Å². The summed E-state index contributed by atoms with van der Waals surface area (Å²) in [5.41, 5.74) is 0.792. The molecule has 118 valence electrons. The number of hydrogen-bond acceptors (Lipinski definition) is 3. The summed E-state index contributed by atoms with van der Waals surface area (Å²) in [6, 6.07) is 7.93. The molecule has 3 nitrogen and oxygen atoms in total. The van der Waals surface area contributed by atoms with Crippen LogP contribution >= 0.6 is 11.8 Å². The molecule has 1 aliphatic rings. The number of ether oxygens (including phenoxy) is 1. The smallest absolute Gasteiger partial charge is 0.253 e. The first-order valence-electron chi connectivity index (χ1n) is 7.78. The van der Waals surface area contributed by atoms with Crippen molar-refractivity contribution >= 4 is 17.7 Å². The average molecular weight is 317 g/mol. The Balaban J connectivity index is 1.87. The van der Waals surface area contributed by atoms with E-state index in [4.69, 9.17) is 11.2 Å². The summed E-state index contributed by atoms with van der Waals surface area (Å²) in [6.45, 7) is 4.80. The molecule has 0 unspecified atom stereocenters. The molecule has 0 aliphatic carbocycles. The normalized spacial score (nSPS) is 15.5. The molecule has 0 atom stereocenters. The van der Waals surface area contributed by atoms with Gasteiger partial charge in [0.25, 0.3) is 5.91 Å². The topological polar surface area (TPSA) is 29.5 Å². The summed E-state index contributed by atoms with van der Waals surface area (Å²) < 4.78 is 5.40. The Hall–Kier alpha value is -1.44. The predicted octanol–water partition coefficient (Wildman–Crippen LogP) is 3.30. The number of carbonyl (C=O) groups excluding carboxylic acids is 1. The largest absolute Gasteiger partial charge is 0.369 e. The van der Waals surface area contributed by atoms with Crippen LogP contribution in [0.2, 0.25) is 0 Å². The monoisotopic (exact) mass is 317 g/mol. The van der Waals surface area contributed by atoms with Crippen molar-refractivity contribution in [1.82, 2.24) is 4.90 Å². The van der Waals surface area contributed by atoms with Gasteiger partial charge in [0.1, 0.15) is 6.61 Å². The molecule has 1 aliphatic heterocycles. The van der Waals surface area contributed by atoms with Crippen LogP contribution in [-0.4, -0.2) is 42.9 Å². The van der Waals surface area contributed by atoms with Crippen molar-refractivity contribution in [1.29, 1.82) is 0 Å². The molecule has 0 saturated carbocycles. The van der Waals surface area contributed by atoms with Gasteiger partial charge in [0, 0.05) is 23.5 Å². The van der Waals surface area contributed by atoms with Crippen LogP contribution in [0.4, 0.5) is 0 Å². The lowest BCUT2D eigenvalue weighted by Crippen LogP contribution is -2.39. The molecule has 0 bridgehead atoms. The summed E-state index contributed by atoms with van der Waals surface area (Å²) in [4.78, 5) is 15.7. The van der Waals surface area contributed by atoms with E-state index in [0.717, 1.165) is 42.1 Å². The fraction of sp³-hybridized carbons (Fsp3) is 0.500. The highest BCUT2D eigenvalue weighted by Gasteiger charge is 2.23. The van der Waals surface area contributed by atoms with Crippen LogP contribution in [0.3, 0.4) is 0 Å². The Kier molecular flexibility index (Phi) is 6.82. The Labute approximate surface area is 137 Å². The van der Waals surface area contributed by atoms with Crippen molar-refractivity contribution in [3.8, 4) is 12.3 Å². The van der Waals surface area contributed by atoms with Gasteiger partial charge in [0.2, 0.25) is 0 Å². The highest BCUT2D eigenvalue weighted by molar-refractivity contribution is 7.99. The van der Waals surface area contributed by atoms with Gasteiger partial charge < -0.3 is 9.64 Å². The molecule has 1 aromatic rings. The predicted molar refractivity (Wildman–Crippen MR) is 91.1 cm³/mol. The molecule has 0 radical (unpaired) electrons.